The lowest BCUT2D eigenvalue weighted by atomic mass is 10.1. The first-order valence-electron chi connectivity index (χ1n) is 8.25. The van der Waals surface area contributed by atoms with E-state index >= 15 is 0 Å². The molecule has 132 valence electrons. The molecule has 5 nitrogen and oxygen atoms in total. The molecule has 1 N–H and O–H groups in total. The quantitative estimate of drug-likeness (QED) is 0.927. The van der Waals surface area contributed by atoms with Crippen LogP contribution in [0.4, 0.5) is 21.5 Å². The van der Waals surface area contributed by atoms with Crippen molar-refractivity contribution in [1.29, 1.82) is 0 Å². The van der Waals surface area contributed by atoms with E-state index in [9.17, 15) is 9.18 Å². The Hall–Kier alpha value is -2.60. The number of carbonyl (C=O) groups excluding carboxylic acids is 1. The Bertz CT molecular complexity index is 741. The first-order chi connectivity index (χ1) is 12.0. The van der Waals surface area contributed by atoms with Crippen LogP contribution in [0.1, 0.15) is 10.4 Å². The summed E-state index contributed by atoms with van der Waals surface area (Å²) in [5, 5.41) is 2.78. The molecule has 1 heterocycles. The van der Waals surface area contributed by atoms with Crippen molar-refractivity contribution in [3.8, 4) is 0 Å². The van der Waals surface area contributed by atoms with Gasteiger partial charge in [-0.3, -0.25) is 4.79 Å². The summed E-state index contributed by atoms with van der Waals surface area (Å²) in [5.74, 6) is -0.633. The van der Waals surface area contributed by atoms with Gasteiger partial charge < -0.3 is 19.9 Å². The minimum atomic E-state index is -0.373. The lowest BCUT2D eigenvalue weighted by Crippen LogP contribution is -2.36. The second-order valence-corrected chi connectivity index (χ2v) is 6.19. The summed E-state index contributed by atoms with van der Waals surface area (Å²) in [6, 6.07) is 11.9. The molecule has 1 fully saturated rings. The third kappa shape index (κ3) is 4.28. The van der Waals surface area contributed by atoms with Crippen molar-refractivity contribution < 1.29 is 13.9 Å². The van der Waals surface area contributed by atoms with Gasteiger partial charge in [-0.15, -0.1) is 0 Å². The van der Waals surface area contributed by atoms with Crippen molar-refractivity contribution in [3.05, 3.63) is 53.8 Å². The summed E-state index contributed by atoms with van der Waals surface area (Å²) in [7, 11) is 3.88. The standard InChI is InChI=1S/C19H22FN3O2/c1-22(2)17-5-3-14(4-6-17)19(24)21-16-11-15(20)12-18(13-16)23-7-9-25-10-8-23/h3-6,11-13H,7-10H2,1-2H3,(H,21,24). The number of benzene rings is 2. The van der Waals surface area contributed by atoms with E-state index < -0.39 is 0 Å². The monoisotopic (exact) mass is 343 g/mol. The minimum Gasteiger partial charge on any atom is -0.378 e. The largest absolute Gasteiger partial charge is 0.378 e. The van der Waals surface area contributed by atoms with Crippen LogP contribution in [-0.2, 0) is 4.74 Å². The second kappa shape index (κ2) is 7.53. The lowest BCUT2D eigenvalue weighted by Gasteiger charge is -2.29. The zero-order valence-electron chi connectivity index (χ0n) is 14.5. The first-order valence-corrected chi connectivity index (χ1v) is 8.25. The molecule has 6 heteroatoms. The van der Waals surface area contributed by atoms with Crippen molar-refractivity contribution in [2.75, 3.05) is 55.5 Å². The Labute approximate surface area is 147 Å². The number of hydrogen-bond acceptors (Lipinski definition) is 4. The molecule has 1 amide bonds. The molecule has 2 aromatic carbocycles. The van der Waals surface area contributed by atoms with Gasteiger partial charge in [0.15, 0.2) is 0 Å². The smallest absolute Gasteiger partial charge is 0.255 e. The van der Waals surface area contributed by atoms with Gasteiger partial charge in [-0.05, 0) is 42.5 Å². The molecule has 1 saturated heterocycles. The topological polar surface area (TPSA) is 44.8 Å². The van der Waals surface area contributed by atoms with Crippen molar-refractivity contribution >= 4 is 23.0 Å². The average Bonchev–Trinajstić information content (AvgIpc) is 2.62. The van der Waals surface area contributed by atoms with Crippen molar-refractivity contribution in [2.24, 2.45) is 0 Å². The normalized spacial score (nSPS) is 14.3. The van der Waals surface area contributed by atoms with Crippen LogP contribution in [0.25, 0.3) is 0 Å². The van der Waals surface area contributed by atoms with Crippen LogP contribution in [0.3, 0.4) is 0 Å². The van der Waals surface area contributed by atoms with Gasteiger partial charge in [-0.1, -0.05) is 0 Å². The first kappa shape index (κ1) is 17.2. The summed E-state index contributed by atoms with van der Waals surface area (Å²) < 4.78 is 19.3. The van der Waals surface area contributed by atoms with E-state index in [1.165, 1.54) is 12.1 Å². The molecule has 0 aliphatic carbocycles. The average molecular weight is 343 g/mol. The highest BCUT2D eigenvalue weighted by Gasteiger charge is 2.14. The molecule has 0 bridgehead atoms. The van der Waals surface area contributed by atoms with Crippen molar-refractivity contribution in [3.63, 3.8) is 0 Å². The van der Waals surface area contributed by atoms with E-state index in [1.807, 2.05) is 36.0 Å². The lowest BCUT2D eigenvalue weighted by molar-refractivity contribution is 0.102. The van der Waals surface area contributed by atoms with Crippen LogP contribution in [0, 0.1) is 5.82 Å². The highest BCUT2D eigenvalue weighted by atomic mass is 19.1. The highest BCUT2D eigenvalue weighted by molar-refractivity contribution is 6.04. The van der Waals surface area contributed by atoms with Crippen LogP contribution < -0.4 is 15.1 Å². The molecule has 1 aliphatic heterocycles. The Morgan fingerprint density at radius 3 is 2.44 bits per heavy atom. The number of halogens is 1. The molecule has 1 aliphatic rings. The number of hydrogen-bond donors (Lipinski definition) is 1. The summed E-state index contributed by atoms with van der Waals surface area (Å²) in [5.41, 5.74) is 2.74. The molecular weight excluding hydrogens is 321 g/mol. The van der Waals surface area contributed by atoms with E-state index in [2.05, 4.69) is 5.32 Å². The number of anilines is 3. The van der Waals surface area contributed by atoms with E-state index in [-0.39, 0.29) is 11.7 Å². The maximum Gasteiger partial charge on any atom is 0.255 e. The van der Waals surface area contributed by atoms with Gasteiger partial charge in [-0.25, -0.2) is 4.39 Å². The van der Waals surface area contributed by atoms with Gasteiger partial charge in [0.05, 0.1) is 13.2 Å². The van der Waals surface area contributed by atoms with Gasteiger partial charge in [0.2, 0.25) is 0 Å². The molecular formula is C19H22FN3O2. The third-order valence-electron chi connectivity index (χ3n) is 4.16. The van der Waals surface area contributed by atoms with E-state index in [1.54, 1.807) is 18.2 Å². The number of rotatable bonds is 4. The Morgan fingerprint density at radius 2 is 1.80 bits per heavy atom. The molecule has 0 unspecified atom stereocenters. The molecule has 2 aromatic rings. The maximum atomic E-state index is 14.0. The van der Waals surface area contributed by atoms with Crippen LogP contribution in [0.15, 0.2) is 42.5 Å². The van der Waals surface area contributed by atoms with Gasteiger partial charge in [-0.2, -0.15) is 0 Å². The van der Waals surface area contributed by atoms with Crippen molar-refractivity contribution in [1.82, 2.24) is 0 Å². The number of amides is 1. The molecule has 0 saturated carbocycles. The number of nitrogens with zero attached hydrogens (tertiary/aromatic N) is 2. The zero-order valence-corrected chi connectivity index (χ0v) is 14.5. The van der Waals surface area contributed by atoms with Gasteiger partial charge in [0, 0.05) is 49.8 Å². The van der Waals surface area contributed by atoms with E-state index in [0.29, 0.717) is 37.6 Å². The Kier molecular flexibility index (Phi) is 5.19. The molecule has 0 atom stereocenters. The maximum absolute atomic E-state index is 14.0. The summed E-state index contributed by atoms with van der Waals surface area (Å²) >= 11 is 0. The summed E-state index contributed by atoms with van der Waals surface area (Å²) in [6.07, 6.45) is 0. The fourth-order valence-corrected chi connectivity index (χ4v) is 2.76. The minimum absolute atomic E-state index is 0.260. The van der Waals surface area contributed by atoms with Gasteiger partial charge in [0.1, 0.15) is 5.82 Å². The highest BCUT2D eigenvalue weighted by Crippen LogP contribution is 2.23. The SMILES string of the molecule is CN(C)c1ccc(C(=O)Nc2cc(F)cc(N3CCOCC3)c2)cc1. The molecule has 0 radical (unpaired) electrons. The summed E-state index contributed by atoms with van der Waals surface area (Å²) in [6.45, 7) is 2.67. The molecule has 3 rings (SSSR count). The van der Waals surface area contributed by atoms with Crippen LogP contribution in [-0.4, -0.2) is 46.3 Å². The number of nitrogens with one attached hydrogen (secondary N) is 1. The molecule has 0 spiro atoms. The molecule has 0 aromatic heterocycles. The van der Waals surface area contributed by atoms with Gasteiger partial charge in [0.25, 0.3) is 5.91 Å². The van der Waals surface area contributed by atoms with E-state index in [0.717, 1.165) is 11.4 Å². The predicted molar refractivity (Wildman–Crippen MR) is 98.2 cm³/mol. The van der Waals surface area contributed by atoms with Gasteiger partial charge >= 0.3 is 0 Å². The predicted octanol–water partition coefficient (Wildman–Crippen LogP) is 2.98. The van der Waals surface area contributed by atoms with Crippen molar-refractivity contribution in [2.45, 2.75) is 0 Å². The second-order valence-electron chi connectivity index (χ2n) is 6.19. The fourth-order valence-electron chi connectivity index (χ4n) is 2.76. The van der Waals surface area contributed by atoms with E-state index in [4.69, 9.17) is 4.74 Å². The number of ether oxygens (including phenoxy) is 1. The van der Waals surface area contributed by atoms with Crippen LogP contribution in [0.2, 0.25) is 0 Å². The van der Waals surface area contributed by atoms with Crippen LogP contribution in [0.5, 0.6) is 0 Å². The zero-order chi connectivity index (χ0) is 17.8. The Balaban J connectivity index is 1.75. The Morgan fingerprint density at radius 1 is 1.12 bits per heavy atom. The number of morpholine rings is 1. The fraction of sp³-hybridized carbons (Fsp3) is 0.316. The summed E-state index contributed by atoms with van der Waals surface area (Å²) in [4.78, 5) is 16.4. The molecule has 25 heavy (non-hydrogen) atoms. The third-order valence-corrected chi connectivity index (χ3v) is 4.16. The van der Waals surface area contributed by atoms with Crippen LogP contribution >= 0.6 is 0 Å². The number of carbonyl (C=O) groups is 1.